The number of hydrogen-bond donors (Lipinski definition) is 3. The molecule has 2 aromatic carbocycles. The lowest BCUT2D eigenvalue weighted by atomic mass is 10.1. The largest absolute Gasteiger partial charge is 0.385 e. The van der Waals surface area contributed by atoms with Gasteiger partial charge in [-0.1, -0.05) is 42.5 Å². The van der Waals surface area contributed by atoms with Crippen LogP contribution < -0.4 is 27.2 Å². The molecular formula is C25H29N5O5. The fourth-order valence-electron chi connectivity index (χ4n) is 3.74. The molecule has 0 spiro atoms. The quantitative estimate of drug-likeness (QED) is 0.282. The molecule has 1 heterocycles. The zero-order chi connectivity index (χ0) is 25.4. The van der Waals surface area contributed by atoms with Gasteiger partial charge in [-0.05, 0) is 31.0 Å². The number of rotatable bonds is 11. The van der Waals surface area contributed by atoms with Gasteiger partial charge in [0.1, 0.15) is 11.5 Å². The zero-order valence-electron chi connectivity index (χ0n) is 19.7. The Morgan fingerprint density at radius 2 is 1.77 bits per heavy atom. The van der Waals surface area contributed by atoms with E-state index in [1.807, 2.05) is 30.3 Å². The Bertz CT molecular complexity index is 1300. The number of H-pyrrole nitrogens is 1. The molecule has 0 aliphatic rings. The molecule has 1 aromatic heterocycles. The molecule has 10 nitrogen and oxygen atoms in total. The minimum Gasteiger partial charge on any atom is -0.385 e. The number of ketones is 1. The van der Waals surface area contributed by atoms with Crippen molar-refractivity contribution in [2.75, 3.05) is 42.8 Å². The van der Waals surface area contributed by atoms with Crippen LogP contribution in [0.2, 0.25) is 0 Å². The maximum Gasteiger partial charge on any atom is 0.330 e. The Morgan fingerprint density at radius 3 is 2.46 bits per heavy atom. The van der Waals surface area contributed by atoms with Crippen LogP contribution in [-0.4, -0.2) is 48.0 Å². The fraction of sp³-hybridized carbons (Fsp3) is 0.280. The van der Waals surface area contributed by atoms with E-state index in [4.69, 9.17) is 10.5 Å². The minimum absolute atomic E-state index is 0.0200. The summed E-state index contributed by atoms with van der Waals surface area (Å²) in [5.74, 6) is -0.681. The molecule has 0 unspecified atom stereocenters. The lowest BCUT2D eigenvalue weighted by Gasteiger charge is -2.26. The van der Waals surface area contributed by atoms with Crippen molar-refractivity contribution >= 4 is 28.9 Å². The Morgan fingerprint density at radius 1 is 1.09 bits per heavy atom. The Hall–Kier alpha value is -4.18. The number of ether oxygens (including phenoxy) is 1. The minimum atomic E-state index is -0.689. The number of amides is 1. The number of nitrogens with one attached hydrogen (secondary N) is 2. The van der Waals surface area contributed by atoms with Crippen LogP contribution in [-0.2, 0) is 16.1 Å². The molecule has 35 heavy (non-hydrogen) atoms. The molecule has 0 fully saturated rings. The summed E-state index contributed by atoms with van der Waals surface area (Å²) in [5.41, 5.74) is 6.58. The van der Waals surface area contributed by atoms with Gasteiger partial charge in [-0.15, -0.1) is 0 Å². The van der Waals surface area contributed by atoms with Gasteiger partial charge in [0, 0.05) is 25.8 Å². The van der Waals surface area contributed by atoms with Crippen molar-refractivity contribution in [2.24, 2.45) is 0 Å². The number of aromatic amines is 1. The van der Waals surface area contributed by atoms with E-state index in [0.29, 0.717) is 24.3 Å². The van der Waals surface area contributed by atoms with Gasteiger partial charge in [0.2, 0.25) is 5.91 Å². The molecule has 3 rings (SSSR count). The number of benzene rings is 2. The number of carbonyl (C=O) groups is 2. The lowest BCUT2D eigenvalue weighted by molar-refractivity contribution is -0.115. The van der Waals surface area contributed by atoms with Gasteiger partial charge in [0.05, 0.1) is 18.8 Å². The molecule has 0 aliphatic heterocycles. The average molecular weight is 480 g/mol. The van der Waals surface area contributed by atoms with E-state index < -0.39 is 17.2 Å². The second-order valence-electron chi connectivity index (χ2n) is 7.98. The predicted octanol–water partition coefficient (Wildman–Crippen LogP) is 1.85. The Balaban J connectivity index is 1.94. The SMILES string of the molecule is COCCCN(CC(=O)Nc1ccccc1C(C)=O)c1c(N)n(Cc2ccccc2)c(=O)[nH]c1=O. The zero-order valence-corrected chi connectivity index (χ0v) is 19.7. The van der Waals surface area contributed by atoms with Gasteiger partial charge in [-0.2, -0.15) is 0 Å². The van der Waals surface area contributed by atoms with Crippen molar-refractivity contribution in [1.29, 1.82) is 0 Å². The van der Waals surface area contributed by atoms with Gasteiger partial charge >= 0.3 is 5.69 Å². The molecule has 0 atom stereocenters. The van der Waals surface area contributed by atoms with Gasteiger partial charge in [0.15, 0.2) is 5.78 Å². The number of para-hydroxylation sites is 1. The summed E-state index contributed by atoms with van der Waals surface area (Å²) < 4.78 is 6.38. The maximum atomic E-state index is 13.0. The van der Waals surface area contributed by atoms with E-state index in [1.54, 1.807) is 31.4 Å². The van der Waals surface area contributed by atoms with E-state index in [1.165, 1.54) is 16.4 Å². The Labute approximate surface area is 202 Å². The number of anilines is 3. The molecule has 3 aromatic rings. The topological polar surface area (TPSA) is 140 Å². The molecule has 1 amide bonds. The van der Waals surface area contributed by atoms with Gasteiger partial charge in [-0.25, -0.2) is 4.79 Å². The van der Waals surface area contributed by atoms with Crippen molar-refractivity contribution < 1.29 is 14.3 Å². The van der Waals surface area contributed by atoms with Crippen LogP contribution in [0.1, 0.15) is 29.3 Å². The van der Waals surface area contributed by atoms with Gasteiger partial charge in [0.25, 0.3) is 5.56 Å². The van der Waals surface area contributed by atoms with Crippen LogP contribution in [0.15, 0.2) is 64.2 Å². The van der Waals surface area contributed by atoms with Crippen molar-refractivity contribution in [3.05, 3.63) is 86.6 Å². The van der Waals surface area contributed by atoms with E-state index in [0.717, 1.165) is 5.56 Å². The maximum absolute atomic E-state index is 13.0. The van der Waals surface area contributed by atoms with Crippen LogP contribution in [0, 0.1) is 0 Å². The predicted molar refractivity (Wildman–Crippen MR) is 135 cm³/mol. The van der Waals surface area contributed by atoms with Crippen molar-refractivity contribution in [3.63, 3.8) is 0 Å². The smallest absolute Gasteiger partial charge is 0.330 e. The third-order valence-electron chi connectivity index (χ3n) is 5.41. The summed E-state index contributed by atoms with van der Waals surface area (Å²) in [6, 6.07) is 15.9. The highest BCUT2D eigenvalue weighted by Crippen LogP contribution is 2.19. The molecule has 0 aliphatic carbocycles. The highest BCUT2D eigenvalue weighted by molar-refractivity contribution is 6.04. The summed E-state index contributed by atoms with van der Waals surface area (Å²) in [5, 5.41) is 2.73. The standard InChI is InChI=1S/C25H29N5O5/c1-17(31)19-11-6-7-12-20(19)27-21(32)16-29(13-8-14-35-2)22-23(26)30(25(34)28-24(22)33)15-18-9-4-3-5-10-18/h3-7,9-12H,8,13-16,26H2,1-2H3,(H,27,32)(H,28,33,34). The first-order chi connectivity index (χ1) is 16.8. The first-order valence-electron chi connectivity index (χ1n) is 11.1. The first-order valence-corrected chi connectivity index (χ1v) is 11.1. The van der Waals surface area contributed by atoms with E-state index in [9.17, 15) is 19.2 Å². The number of Topliss-reactive ketones (excluding diaryl/α,β-unsaturated/α-hetero) is 1. The highest BCUT2D eigenvalue weighted by atomic mass is 16.5. The number of nitrogens with two attached hydrogens (primary N) is 1. The van der Waals surface area contributed by atoms with Crippen molar-refractivity contribution in [3.8, 4) is 0 Å². The molecule has 10 heteroatoms. The molecule has 0 bridgehead atoms. The second kappa shape index (κ2) is 11.8. The molecular weight excluding hydrogens is 450 g/mol. The monoisotopic (exact) mass is 479 g/mol. The fourth-order valence-corrected chi connectivity index (χ4v) is 3.74. The van der Waals surface area contributed by atoms with Gasteiger partial charge in [-0.3, -0.25) is 23.9 Å². The van der Waals surface area contributed by atoms with E-state index in [-0.39, 0.29) is 36.9 Å². The molecule has 0 radical (unpaired) electrons. The Kier molecular flexibility index (Phi) is 8.58. The summed E-state index contributed by atoms with van der Waals surface area (Å²) in [6.45, 7) is 2.00. The third-order valence-corrected chi connectivity index (χ3v) is 5.41. The van der Waals surface area contributed by atoms with Crippen LogP contribution in [0.4, 0.5) is 17.2 Å². The highest BCUT2D eigenvalue weighted by Gasteiger charge is 2.22. The number of carbonyl (C=O) groups excluding carboxylic acids is 2. The molecule has 0 saturated heterocycles. The number of hydrogen-bond acceptors (Lipinski definition) is 7. The second-order valence-corrected chi connectivity index (χ2v) is 7.98. The van der Waals surface area contributed by atoms with E-state index in [2.05, 4.69) is 10.3 Å². The summed E-state index contributed by atoms with van der Waals surface area (Å²) >= 11 is 0. The first kappa shape index (κ1) is 25.4. The molecule has 184 valence electrons. The van der Waals surface area contributed by atoms with Gasteiger partial charge < -0.3 is 20.7 Å². The lowest BCUT2D eigenvalue weighted by Crippen LogP contribution is -2.42. The normalized spacial score (nSPS) is 10.7. The summed E-state index contributed by atoms with van der Waals surface area (Å²) in [6.07, 6.45) is 0.504. The van der Waals surface area contributed by atoms with Crippen LogP contribution in [0.5, 0.6) is 0 Å². The molecule has 0 saturated carbocycles. The number of nitrogens with zero attached hydrogens (tertiary/aromatic N) is 2. The van der Waals surface area contributed by atoms with Crippen LogP contribution >= 0.6 is 0 Å². The van der Waals surface area contributed by atoms with Crippen LogP contribution in [0.25, 0.3) is 0 Å². The number of nitrogen functional groups attached to an aromatic ring is 1. The number of aromatic nitrogens is 2. The van der Waals surface area contributed by atoms with Crippen molar-refractivity contribution in [1.82, 2.24) is 9.55 Å². The van der Waals surface area contributed by atoms with Crippen molar-refractivity contribution in [2.45, 2.75) is 19.9 Å². The van der Waals surface area contributed by atoms with E-state index >= 15 is 0 Å². The third kappa shape index (κ3) is 6.45. The summed E-state index contributed by atoms with van der Waals surface area (Å²) in [4.78, 5) is 54.0. The number of methoxy groups -OCH3 is 1. The van der Waals surface area contributed by atoms with Crippen LogP contribution in [0.3, 0.4) is 0 Å². The summed E-state index contributed by atoms with van der Waals surface area (Å²) in [7, 11) is 1.55. The average Bonchev–Trinajstić information content (AvgIpc) is 2.82. The molecule has 4 N–H and O–H groups in total.